The lowest BCUT2D eigenvalue weighted by Crippen LogP contribution is -2.42. The fourth-order valence-electron chi connectivity index (χ4n) is 2.84. The minimum Gasteiger partial charge on any atom is -0.383 e. The summed E-state index contributed by atoms with van der Waals surface area (Å²) >= 11 is 4.75. The lowest BCUT2D eigenvalue weighted by molar-refractivity contribution is 0.0190. The van der Waals surface area contributed by atoms with E-state index in [0.717, 1.165) is 22.9 Å². The molecule has 0 fully saturated rings. The first kappa shape index (κ1) is 14.8. The minimum absolute atomic E-state index is 0.145. The highest BCUT2D eigenvalue weighted by molar-refractivity contribution is 9.10. The first-order valence-corrected chi connectivity index (χ1v) is 8.59. The van der Waals surface area contributed by atoms with Crippen LogP contribution in [0, 0.1) is 0 Å². The third kappa shape index (κ3) is 2.91. The maximum Gasteiger partial charge on any atom is 0.262 e. The second-order valence-corrected chi connectivity index (χ2v) is 7.09. The molecular formula is C16H16BrNO2S. The van der Waals surface area contributed by atoms with Crippen molar-refractivity contribution in [1.29, 1.82) is 0 Å². The molecule has 1 atom stereocenters. The molecule has 110 valence electrons. The van der Waals surface area contributed by atoms with Gasteiger partial charge < -0.3 is 10.4 Å². The Labute approximate surface area is 136 Å². The van der Waals surface area contributed by atoms with Crippen LogP contribution in [-0.4, -0.2) is 17.6 Å². The van der Waals surface area contributed by atoms with Crippen molar-refractivity contribution in [2.45, 2.75) is 24.9 Å². The molecule has 1 aliphatic rings. The van der Waals surface area contributed by atoms with Crippen LogP contribution in [0.1, 0.15) is 33.6 Å². The number of aryl methyl sites for hydroxylation is 1. The fraction of sp³-hybridized carbons (Fsp3) is 0.312. The molecule has 3 nitrogen and oxygen atoms in total. The summed E-state index contributed by atoms with van der Waals surface area (Å²) in [6.07, 6.45) is 2.60. The highest BCUT2D eigenvalue weighted by atomic mass is 79.9. The molecule has 0 aliphatic heterocycles. The quantitative estimate of drug-likeness (QED) is 0.874. The topological polar surface area (TPSA) is 49.3 Å². The smallest absolute Gasteiger partial charge is 0.262 e. The van der Waals surface area contributed by atoms with Crippen LogP contribution in [0.4, 0.5) is 0 Å². The SMILES string of the molecule is O=C(NCC1(O)CCCc2ccccc21)c1sccc1Br. The predicted octanol–water partition coefficient (Wildman–Crippen LogP) is 3.46. The number of amides is 1. The molecule has 0 radical (unpaired) electrons. The van der Waals surface area contributed by atoms with E-state index in [2.05, 4.69) is 27.3 Å². The molecule has 2 N–H and O–H groups in total. The Morgan fingerprint density at radius 2 is 2.19 bits per heavy atom. The zero-order valence-corrected chi connectivity index (χ0v) is 13.8. The molecule has 1 unspecified atom stereocenters. The number of nitrogens with one attached hydrogen (secondary N) is 1. The van der Waals surface area contributed by atoms with Crippen molar-refractivity contribution < 1.29 is 9.90 Å². The number of hydrogen-bond acceptors (Lipinski definition) is 3. The average Bonchev–Trinajstić information content (AvgIpc) is 2.92. The summed E-state index contributed by atoms with van der Waals surface area (Å²) in [5.74, 6) is -0.145. The Hall–Kier alpha value is -1.17. The lowest BCUT2D eigenvalue weighted by atomic mass is 9.79. The van der Waals surface area contributed by atoms with Crippen LogP contribution in [0.15, 0.2) is 40.2 Å². The summed E-state index contributed by atoms with van der Waals surface area (Å²) in [6, 6.07) is 9.79. The summed E-state index contributed by atoms with van der Waals surface area (Å²) in [6.45, 7) is 0.243. The van der Waals surface area contributed by atoms with E-state index in [1.54, 1.807) is 0 Å². The van der Waals surface area contributed by atoms with Crippen molar-refractivity contribution in [2.75, 3.05) is 6.54 Å². The van der Waals surface area contributed by atoms with E-state index < -0.39 is 5.60 Å². The lowest BCUT2D eigenvalue weighted by Gasteiger charge is -2.34. The molecule has 1 aromatic carbocycles. The maximum atomic E-state index is 12.2. The van der Waals surface area contributed by atoms with Gasteiger partial charge in [0, 0.05) is 4.47 Å². The normalized spacial score (nSPS) is 20.9. The number of carbonyl (C=O) groups excluding carboxylic acids is 1. The summed E-state index contributed by atoms with van der Waals surface area (Å²) in [5, 5.41) is 15.6. The number of thiophene rings is 1. The van der Waals surface area contributed by atoms with Gasteiger partial charge in [0.05, 0.1) is 6.54 Å². The van der Waals surface area contributed by atoms with Crippen molar-refractivity contribution >= 4 is 33.2 Å². The molecular weight excluding hydrogens is 350 g/mol. The minimum atomic E-state index is -0.964. The van der Waals surface area contributed by atoms with E-state index in [4.69, 9.17) is 0 Å². The van der Waals surface area contributed by atoms with Gasteiger partial charge in [0.15, 0.2) is 0 Å². The number of carbonyl (C=O) groups is 1. The van der Waals surface area contributed by atoms with E-state index in [1.807, 2.05) is 29.6 Å². The molecule has 1 amide bonds. The summed E-state index contributed by atoms with van der Waals surface area (Å²) < 4.78 is 0.793. The van der Waals surface area contributed by atoms with Crippen LogP contribution in [0.5, 0.6) is 0 Å². The van der Waals surface area contributed by atoms with E-state index >= 15 is 0 Å². The van der Waals surface area contributed by atoms with Gasteiger partial charge in [-0.05, 0) is 57.8 Å². The monoisotopic (exact) mass is 365 g/mol. The molecule has 2 aromatic rings. The van der Waals surface area contributed by atoms with E-state index in [0.29, 0.717) is 11.3 Å². The molecule has 0 bridgehead atoms. The molecule has 0 spiro atoms. The molecule has 5 heteroatoms. The standard InChI is InChI=1S/C16H16BrNO2S/c17-13-7-9-21-14(13)15(19)18-10-16(20)8-3-5-11-4-1-2-6-12(11)16/h1-2,4,6-7,9,20H,3,5,8,10H2,(H,18,19). The van der Waals surface area contributed by atoms with Crippen LogP contribution in [0.25, 0.3) is 0 Å². The zero-order valence-electron chi connectivity index (χ0n) is 11.4. The van der Waals surface area contributed by atoms with Crippen LogP contribution in [0.3, 0.4) is 0 Å². The van der Waals surface area contributed by atoms with Gasteiger partial charge in [-0.25, -0.2) is 0 Å². The van der Waals surface area contributed by atoms with Gasteiger partial charge in [0.1, 0.15) is 10.5 Å². The van der Waals surface area contributed by atoms with E-state index in [9.17, 15) is 9.90 Å². The van der Waals surface area contributed by atoms with Crippen molar-refractivity contribution in [3.63, 3.8) is 0 Å². The average molecular weight is 366 g/mol. The fourth-order valence-corrected chi connectivity index (χ4v) is 4.31. The van der Waals surface area contributed by atoms with Crippen LogP contribution >= 0.6 is 27.3 Å². The van der Waals surface area contributed by atoms with Crippen molar-refractivity contribution in [2.24, 2.45) is 0 Å². The van der Waals surface area contributed by atoms with Gasteiger partial charge in [-0.3, -0.25) is 4.79 Å². The highest BCUT2D eigenvalue weighted by Gasteiger charge is 2.34. The Morgan fingerprint density at radius 1 is 1.38 bits per heavy atom. The molecule has 1 aromatic heterocycles. The molecule has 1 aliphatic carbocycles. The Bertz CT molecular complexity index is 670. The Morgan fingerprint density at radius 3 is 2.95 bits per heavy atom. The molecule has 1 heterocycles. The predicted molar refractivity (Wildman–Crippen MR) is 87.6 cm³/mol. The summed E-state index contributed by atoms with van der Waals surface area (Å²) in [5.41, 5.74) is 1.16. The van der Waals surface area contributed by atoms with Crippen molar-refractivity contribution in [3.8, 4) is 0 Å². The van der Waals surface area contributed by atoms with Crippen molar-refractivity contribution in [1.82, 2.24) is 5.32 Å². The van der Waals surface area contributed by atoms with Gasteiger partial charge in [-0.15, -0.1) is 11.3 Å². The second-order valence-electron chi connectivity index (χ2n) is 5.32. The number of aliphatic hydroxyl groups is 1. The number of halogens is 1. The van der Waals surface area contributed by atoms with Crippen LogP contribution in [0.2, 0.25) is 0 Å². The first-order valence-electron chi connectivity index (χ1n) is 6.92. The maximum absolute atomic E-state index is 12.2. The van der Waals surface area contributed by atoms with Gasteiger partial charge in [-0.1, -0.05) is 24.3 Å². The highest BCUT2D eigenvalue weighted by Crippen LogP contribution is 2.34. The van der Waals surface area contributed by atoms with Crippen LogP contribution in [-0.2, 0) is 12.0 Å². The largest absolute Gasteiger partial charge is 0.383 e. The molecule has 0 saturated carbocycles. The van der Waals surface area contributed by atoms with Crippen LogP contribution < -0.4 is 5.32 Å². The summed E-state index contributed by atoms with van der Waals surface area (Å²) in [4.78, 5) is 12.8. The molecule has 0 saturated heterocycles. The van der Waals surface area contributed by atoms with Gasteiger partial charge in [0.2, 0.25) is 0 Å². The third-order valence-electron chi connectivity index (χ3n) is 3.92. The molecule has 21 heavy (non-hydrogen) atoms. The third-order valence-corrected chi connectivity index (χ3v) is 5.76. The number of benzene rings is 1. The molecule has 3 rings (SSSR count). The number of fused-ring (bicyclic) bond motifs is 1. The van der Waals surface area contributed by atoms with Gasteiger partial charge in [0.25, 0.3) is 5.91 Å². The Kier molecular flexibility index (Phi) is 4.15. The number of hydrogen-bond donors (Lipinski definition) is 2. The van der Waals surface area contributed by atoms with Crippen molar-refractivity contribution in [3.05, 3.63) is 56.2 Å². The van der Waals surface area contributed by atoms with E-state index in [-0.39, 0.29) is 12.5 Å². The first-order chi connectivity index (χ1) is 10.1. The second kappa shape index (κ2) is 5.91. The van der Waals surface area contributed by atoms with E-state index in [1.165, 1.54) is 16.9 Å². The summed E-state index contributed by atoms with van der Waals surface area (Å²) in [7, 11) is 0. The van der Waals surface area contributed by atoms with Gasteiger partial charge in [-0.2, -0.15) is 0 Å². The zero-order chi connectivity index (χ0) is 14.9. The van der Waals surface area contributed by atoms with Gasteiger partial charge >= 0.3 is 0 Å². The Balaban J connectivity index is 1.76. The number of rotatable bonds is 3.